The van der Waals surface area contributed by atoms with E-state index in [1.807, 2.05) is 6.07 Å². The second-order valence-electron chi connectivity index (χ2n) is 9.99. The Labute approximate surface area is 155 Å². The van der Waals surface area contributed by atoms with Gasteiger partial charge in [0.2, 0.25) is 0 Å². The smallest absolute Gasteiger partial charge is 0.122 e. The van der Waals surface area contributed by atoms with Crippen molar-refractivity contribution in [1.82, 2.24) is 0 Å². The highest BCUT2D eigenvalue weighted by Crippen LogP contribution is 2.31. The Kier molecular flexibility index (Phi) is 8.31. The van der Waals surface area contributed by atoms with Gasteiger partial charge < -0.3 is 10.2 Å². The number of phenolic OH excluding ortho intramolecular Hbond substituents is 2. The van der Waals surface area contributed by atoms with Gasteiger partial charge in [-0.1, -0.05) is 60.8 Å². The van der Waals surface area contributed by atoms with Crippen LogP contribution in [0.4, 0.5) is 0 Å². The van der Waals surface area contributed by atoms with Gasteiger partial charge in [-0.2, -0.15) is 0 Å². The third-order valence-electron chi connectivity index (χ3n) is 4.78. The molecule has 0 atom stereocenters. The first kappa shape index (κ1) is 21.9. The maximum Gasteiger partial charge on any atom is 0.122 e. The van der Waals surface area contributed by atoms with Crippen molar-refractivity contribution in [1.29, 1.82) is 0 Å². The van der Waals surface area contributed by atoms with Gasteiger partial charge in [0.1, 0.15) is 11.5 Å². The van der Waals surface area contributed by atoms with Gasteiger partial charge in [-0.3, -0.25) is 0 Å². The lowest BCUT2D eigenvalue weighted by molar-refractivity contribution is 0.357. The maximum absolute atomic E-state index is 10.3. The number of hydrogen-bond donors (Lipinski definition) is 2. The third-order valence-corrected chi connectivity index (χ3v) is 4.78. The van der Waals surface area contributed by atoms with Crippen molar-refractivity contribution in [2.45, 2.75) is 99.3 Å². The predicted molar refractivity (Wildman–Crippen MR) is 108 cm³/mol. The Hall–Kier alpha value is -1.18. The van der Waals surface area contributed by atoms with Crippen LogP contribution in [0.25, 0.3) is 0 Å². The summed E-state index contributed by atoms with van der Waals surface area (Å²) >= 11 is 0. The summed E-state index contributed by atoms with van der Waals surface area (Å²) < 4.78 is 0. The van der Waals surface area contributed by atoms with Gasteiger partial charge in [0.15, 0.2) is 0 Å². The number of aromatic hydroxyl groups is 2. The van der Waals surface area contributed by atoms with Crippen LogP contribution in [-0.4, -0.2) is 10.2 Å². The molecule has 0 heterocycles. The predicted octanol–water partition coefficient (Wildman–Crippen LogP) is 7.01. The fourth-order valence-corrected chi connectivity index (χ4v) is 3.32. The summed E-state index contributed by atoms with van der Waals surface area (Å²) in [5.41, 5.74) is 2.95. The lowest BCUT2D eigenvalue weighted by atomic mass is 9.88. The molecule has 1 rings (SSSR count). The van der Waals surface area contributed by atoms with Gasteiger partial charge in [-0.05, 0) is 66.5 Å². The summed E-state index contributed by atoms with van der Waals surface area (Å²) in [5, 5.41) is 20.1. The molecule has 0 fully saturated rings. The van der Waals surface area contributed by atoms with E-state index < -0.39 is 0 Å². The third kappa shape index (κ3) is 9.77. The summed E-state index contributed by atoms with van der Waals surface area (Å²) in [5.74, 6) is 0.446. The van der Waals surface area contributed by atoms with E-state index in [0.717, 1.165) is 36.8 Å². The first-order valence-corrected chi connectivity index (χ1v) is 10.0. The van der Waals surface area contributed by atoms with E-state index in [4.69, 9.17) is 0 Å². The van der Waals surface area contributed by atoms with Crippen LogP contribution in [0, 0.1) is 10.8 Å². The van der Waals surface area contributed by atoms with Gasteiger partial charge in [-0.25, -0.2) is 0 Å². The van der Waals surface area contributed by atoms with Crippen LogP contribution in [-0.2, 0) is 12.8 Å². The Morgan fingerprint density at radius 2 is 1.20 bits per heavy atom. The van der Waals surface area contributed by atoms with Crippen LogP contribution in [0.2, 0.25) is 0 Å². The average molecular weight is 349 g/mol. The second-order valence-corrected chi connectivity index (χ2v) is 9.99. The monoisotopic (exact) mass is 348 g/mol. The SMILES string of the molecule is CC(C)(C)CCCCCc1c(O)cc(O)cc1CCCCC(C)(C)C. The summed E-state index contributed by atoms with van der Waals surface area (Å²) in [6, 6.07) is 3.34. The van der Waals surface area contributed by atoms with Gasteiger partial charge in [-0.15, -0.1) is 0 Å². The van der Waals surface area contributed by atoms with Gasteiger partial charge >= 0.3 is 0 Å². The summed E-state index contributed by atoms with van der Waals surface area (Å²) in [4.78, 5) is 0. The van der Waals surface area contributed by atoms with Crippen molar-refractivity contribution in [2.75, 3.05) is 0 Å². The molecule has 1 aromatic rings. The van der Waals surface area contributed by atoms with Crippen LogP contribution in [0.1, 0.15) is 97.6 Å². The largest absolute Gasteiger partial charge is 0.508 e. The van der Waals surface area contributed by atoms with Gasteiger partial charge in [0.05, 0.1) is 0 Å². The maximum atomic E-state index is 10.3. The van der Waals surface area contributed by atoms with Crippen LogP contribution in [0.5, 0.6) is 11.5 Å². The molecule has 0 aliphatic rings. The van der Waals surface area contributed by atoms with Crippen molar-refractivity contribution >= 4 is 0 Å². The highest BCUT2D eigenvalue weighted by atomic mass is 16.3. The quantitative estimate of drug-likeness (QED) is 0.471. The Morgan fingerprint density at radius 1 is 0.680 bits per heavy atom. The van der Waals surface area contributed by atoms with E-state index in [2.05, 4.69) is 41.5 Å². The average Bonchev–Trinajstić information content (AvgIpc) is 2.43. The molecular formula is C23H40O2. The fraction of sp³-hybridized carbons (Fsp3) is 0.739. The first-order valence-electron chi connectivity index (χ1n) is 10.0. The van der Waals surface area contributed by atoms with Crippen LogP contribution in [0.3, 0.4) is 0 Å². The van der Waals surface area contributed by atoms with Crippen molar-refractivity contribution in [3.05, 3.63) is 23.3 Å². The minimum atomic E-state index is 0.180. The highest BCUT2D eigenvalue weighted by Gasteiger charge is 2.13. The lowest BCUT2D eigenvalue weighted by Gasteiger charge is -2.18. The molecule has 2 N–H and O–H groups in total. The van der Waals surface area contributed by atoms with Crippen molar-refractivity contribution < 1.29 is 10.2 Å². The molecule has 0 aliphatic carbocycles. The molecule has 2 nitrogen and oxygen atoms in total. The number of benzene rings is 1. The van der Waals surface area contributed by atoms with E-state index in [0.29, 0.717) is 10.8 Å². The Bertz CT molecular complexity index is 518. The zero-order valence-electron chi connectivity index (χ0n) is 17.4. The van der Waals surface area contributed by atoms with E-state index in [1.54, 1.807) is 0 Å². The van der Waals surface area contributed by atoms with E-state index in [1.165, 1.54) is 38.2 Å². The molecule has 1 aromatic carbocycles. The number of aryl methyl sites for hydroxylation is 1. The molecule has 0 aromatic heterocycles. The second kappa shape index (κ2) is 9.50. The molecule has 0 amide bonds. The van der Waals surface area contributed by atoms with Crippen molar-refractivity contribution in [2.24, 2.45) is 10.8 Å². The molecule has 0 aliphatic heterocycles. The summed E-state index contributed by atoms with van der Waals surface area (Å²) in [6.45, 7) is 13.7. The van der Waals surface area contributed by atoms with E-state index in [-0.39, 0.29) is 11.5 Å². The molecule has 0 saturated heterocycles. The van der Waals surface area contributed by atoms with Gasteiger partial charge in [0, 0.05) is 6.07 Å². The molecule has 0 unspecified atom stereocenters. The van der Waals surface area contributed by atoms with Crippen molar-refractivity contribution in [3.8, 4) is 11.5 Å². The van der Waals surface area contributed by atoms with Crippen LogP contribution >= 0.6 is 0 Å². The Balaban J connectivity index is 2.56. The minimum Gasteiger partial charge on any atom is -0.508 e. The first-order chi connectivity index (χ1) is 11.5. The summed E-state index contributed by atoms with van der Waals surface area (Å²) in [7, 11) is 0. The molecule has 0 saturated carbocycles. The zero-order valence-corrected chi connectivity index (χ0v) is 17.4. The zero-order chi connectivity index (χ0) is 19.1. The molecule has 0 bridgehead atoms. The Morgan fingerprint density at radius 3 is 1.76 bits per heavy atom. The molecule has 144 valence electrons. The topological polar surface area (TPSA) is 40.5 Å². The van der Waals surface area contributed by atoms with E-state index in [9.17, 15) is 10.2 Å². The van der Waals surface area contributed by atoms with Gasteiger partial charge in [0.25, 0.3) is 0 Å². The molecule has 2 heteroatoms. The number of hydrogen-bond acceptors (Lipinski definition) is 2. The normalized spacial score (nSPS) is 12.6. The number of rotatable bonds is 9. The fourth-order valence-electron chi connectivity index (χ4n) is 3.32. The molecule has 0 spiro atoms. The minimum absolute atomic E-state index is 0.180. The van der Waals surface area contributed by atoms with Crippen LogP contribution < -0.4 is 0 Å². The molecular weight excluding hydrogens is 308 g/mol. The highest BCUT2D eigenvalue weighted by molar-refractivity contribution is 5.45. The summed E-state index contributed by atoms with van der Waals surface area (Å²) in [6.07, 6.45) is 10.1. The van der Waals surface area contributed by atoms with E-state index >= 15 is 0 Å². The molecule has 25 heavy (non-hydrogen) atoms. The standard InChI is InChI=1S/C23H40O2/c1-22(2,3)14-10-7-8-13-20-18(16-19(24)17-21(20)25)12-9-11-15-23(4,5)6/h16-17,24-25H,7-15H2,1-6H3. The lowest BCUT2D eigenvalue weighted by Crippen LogP contribution is -2.05. The van der Waals surface area contributed by atoms with Crippen molar-refractivity contribution in [3.63, 3.8) is 0 Å². The number of unbranched alkanes of at least 4 members (excludes halogenated alkanes) is 3. The number of phenols is 2. The molecule has 0 radical (unpaired) electrons. The van der Waals surface area contributed by atoms with Crippen LogP contribution in [0.15, 0.2) is 12.1 Å².